The summed E-state index contributed by atoms with van der Waals surface area (Å²) in [6.07, 6.45) is 6.29. The van der Waals surface area contributed by atoms with Crippen molar-refractivity contribution in [2.75, 3.05) is 18.4 Å². The molecule has 0 radical (unpaired) electrons. The van der Waals surface area contributed by atoms with Crippen molar-refractivity contribution in [3.8, 4) is 22.6 Å². The zero-order valence-electron chi connectivity index (χ0n) is 14.4. The van der Waals surface area contributed by atoms with Crippen LogP contribution in [-0.2, 0) is 0 Å². The molecular formula is C19H18FN7. The molecule has 2 atom stereocenters. The first-order valence-electron chi connectivity index (χ1n) is 8.82. The second-order valence-corrected chi connectivity index (χ2v) is 6.59. The zero-order valence-corrected chi connectivity index (χ0v) is 14.4. The van der Waals surface area contributed by atoms with E-state index in [2.05, 4.69) is 30.6 Å². The van der Waals surface area contributed by atoms with Gasteiger partial charge in [0.1, 0.15) is 17.6 Å². The topological polar surface area (TPSA) is 82.9 Å². The Morgan fingerprint density at radius 2 is 2.15 bits per heavy atom. The van der Waals surface area contributed by atoms with Crippen LogP contribution in [0.4, 0.5) is 10.2 Å². The summed E-state index contributed by atoms with van der Waals surface area (Å²) in [5, 5.41) is 6.22. The minimum atomic E-state index is -0.910. The summed E-state index contributed by atoms with van der Waals surface area (Å²) in [6.45, 7) is 0.975. The van der Waals surface area contributed by atoms with E-state index in [0.29, 0.717) is 18.9 Å². The first kappa shape index (κ1) is 16.0. The largest absolute Gasteiger partial charge is 0.363 e. The number of hydrogen-bond acceptors (Lipinski definition) is 5. The highest BCUT2D eigenvalue weighted by Crippen LogP contribution is 2.24. The van der Waals surface area contributed by atoms with E-state index in [1.807, 2.05) is 40.9 Å². The maximum Gasteiger partial charge on any atom is 0.137 e. The standard InChI is InChI=1S/C19H18FN7/c20-13-7-21-9-16(13)26-18-3-1-2-14(25-18)17-10-23-19-6-12(4-5-27(17)19)15-8-22-11-24-15/h1-6,8,10-11,13,16,21H,7,9H2,(H,22,24)(H,25,26)/t13-,16-/m0/s1. The minimum absolute atomic E-state index is 0.258. The van der Waals surface area contributed by atoms with Gasteiger partial charge in [-0.15, -0.1) is 0 Å². The van der Waals surface area contributed by atoms with Crippen molar-refractivity contribution in [2.24, 2.45) is 0 Å². The minimum Gasteiger partial charge on any atom is -0.363 e. The van der Waals surface area contributed by atoms with E-state index in [4.69, 9.17) is 0 Å². The Morgan fingerprint density at radius 3 is 2.96 bits per heavy atom. The number of nitrogens with one attached hydrogen (secondary N) is 3. The molecule has 5 rings (SSSR count). The number of anilines is 1. The Balaban J connectivity index is 1.47. The van der Waals surface area contributed by atoms with Crippen LogP contribution in [0.25, 0.3) is 28.3 Å². The summed E-state index contributed by atoms with van der Waals surface area (Å²) in [7, 11) is 0. The monoisotopic (exact) mass is 363 g/mol. The van der Waals surface area contributed by atoms with Gasteiger partial charge in [-0.05, 0) is 24.3 Å². The second kappa shape index (κ2) is 6.48. The molecule has 1 aliphatic rings. The van der Waals surface area contributed by atoms with Gasteiger partial charge in [0.25, 0.3) is 0 Å². The third kappa shape index (κ3) is 2.93. The summed E-state index contributed by atoms with van der Waals surface area (Å²) in [6, 6.07) is 9.44. The number of H-pyrrole nitrogens is 1. The number of hydrogen-bond donors (Lipinski definition) is 3. The molecule has 5 heterocycles. The number of aromatic nitrogens is 5. The highest BCUT2D eigenvalue weighted by atomic mass is 19.1. The molecule has 0 saturated carbocycles. The predicted molar refractivity (Wildman–Crippen MR) is 101 cm³/mol. The van der Waals surface area contributed by atoms with Gasteiger partial charge < -0.3 is 15.6 Å². The van der Waals surface area contributed by atoms with Crippen molar-refractivity contribution in [2.45, 2.75) is 12.2 Å². The number of rotatable bonds is 4. The van der Waals surface area contributed by atoms with Crippen LogP contribution in [0, 0.1) is 0 Å². The molecule has 0 aliphatic carbocycles. The van der Waals surface area contributed by atoms with Gasteiger partial charge in [0.2, 0.25) is 0 Å². The van der Waals surface area contributed by atoms with Gasteiger partial charge in [0, 0.05) is 24.8 Å². The third-order valence-electron chi connectivity index (χ3n) is 4.81. The molecule has 0 amide bonds. The molecule has 0 bridgehead atoms. The summed E-state index contributed by atoms with van der Waals surface area (Å²) in [5.74, 6) is 0.660. The van der Waals surface area contributed by atoms with Gasteiger partial charge in [-0.25, -0.2) is 19.3 Å². The Bertz CT molecular complexity index is 1070. The molecule has 136 valence electrons. The van der Waals surface area contributed by atoms with Crippen molar-refractivity contribution in [3.63, 3.8) is 0 Å². The van der Waals surface area contributed by atoms with E-state index in [-0.39, 0.29) is 6.04 Å². The fourth-order valence-electron chi connectivity index (χ4n) is 3.39. The van der Waals surface area contributed by atoms with Gasteiger partial charge in [0.15, 0.2) is 0 Å². The molecule has 1 fully saturated rings. The van der Waals surface area contributed by atoms with E-state index in [9.17, 15) is 4.39 Å². The molecule has 27 heavy (non-hydrogen) atoms. The lowest BCUT2D eigenvalue weighted by molar-refractivity contribution is 0.342. The second-order valence-electron chi connectivity index (χ2n) is 6.59. The van der Waals surface area contributed by atoms with E-state index in [0.717, 1.165) is 28.3 Å². The van der Waals surface area contributed by atoms with Crippen LogP contribution in [0.5, 0.6) is 0 Å². The van der Waals surface area contributed by atoms with Crippen molar-refractivity contribution < 1.29 is 4.39 Å². The molecule has 4 aromatic heterocycles. The van der Waals surface area contributed by atoms with E-state index < -0.39 is 6.17 Å². The molecule has 0 unspecified atom stereocenters. The van der Waals surface area contributed by atoms with Crippen molar-refractivity contribution in [1.29, 1.82) is 0 Å². The lowest BCUT2D eigenvalue weighted by Crippen LogP contribution is -2.29. The average Bonchev–Trinajstić information content (AvgIpc) is 3.43. The van der Waals surface area contributed by atoms with Crippen molar-refractivity contribution in [3.05, 3.63) is 55.2 Å². The SMILES string of the molecule is F[C@H]1CNC[C@@H]1Nc1cccc(-c2cnc3cc(-c4cnc[nH]4)ccn23)n1. The normalized spacial score (nSPS) is 19.6. The lowest BCUT2D eigenvalue weighted by atomic mass is 10.2. The van der Waals surface area contributed by atoms with Crippen LogP contribution in [0.15, 0.2) is 55.2 Å². The van der Waals surface area contributed by atoms with Crippen LogP contribution in [0.2, 0.25) is 0 Å². The molecule has 7 nitrogen and oxygen atoms in total. The number of pyridine rings is 2. The lowest BCUT2D eigenvalue weighted by Gasteiger charge is -2.15. The molecule has 8 heteroatoms. The maximum atomic E-state index is 13.8. The van der Waals surface area contributed by atoms with Gasteiger partial charge in [-0.2, -0.15) is 0 Å². The number of halogens is 1. The van der Waals surface area contributed by atoms with E-state index >= 15 is 0 Å². The fraction of sp³-hybridized carbons (Fsp3) is 0.211. The summed E-state index contributed by atoms with van der Waals surface area (Å²) < 4.78 is 15.8. The summed E-state index contributed by atoms with van der Waals surface area (Å²) in [4.78, 5) is 16.3. The van der Waals surface area contributed by atoms with Crippen LogP contribution >= 0.6 is 0 Å². The Morgan fingerprint density at radius 1 is 1.19 bits per heavy atom. The van der Waals surface area contributed by atoms with Crippen LogP contribution in [-0.4, -0.2) is 49.6 Å². The fourth-order valence-corrected chi connectivity index (χ4v) is 3.39. The van der Waals surface area contributed by atoms with Gasteiger partial charge in [-0.1, -0.05) is 6.07 Å². The highest BCUT2D eigenvalue weighted by Gasteiger charge is 2.26. The van der Waals surface area contributed by atoms with Gasteiger partial charge >= 0.3 is 0 Å². The third-order valence-corrected chi connectivity index (χ3v) is 4.81. The molecule has 0 spiro atoms. The Kier molecular flexibility index (Phi) is 3.83. The Hall–Kier alpha value is -3.26. The van der Waals surface area contributed by atoms with Crippen molar-refractivity contribution >= 4 is 11.5 Å². The number of alkyl halides is 1. The van der Waals surface area contributed by atoms with Crippen LogP contribution in [0.1, 0.15) is 0 Å². The molecule has 4 aromatic rings. The summed E-state index contributed by atoms with van der Waals surface area (Å²) in [5.41, 5.74) is 4.44. The molecule has 1 aliphatic heterocycles. The van der Waals surface area contributed by atoms with Crippen LogP contribution in [0.3, 0.4) is 0 Å². The van der Waals surface area contributed by atoms with Crippen LogP contribution < -0.4 is 10.6 Å². The number of imidazole rings is 2. The first-order chi connectivity index (χ1) is 13.3. The van der Waals surface area contributed by atoms with Crippen molar-refractivity contribution in [1.82, 2.24) is 29.7 Å². The van der Waals surface area contributed by atoms with Gasteiger partial charge in [-0.3, -0.25) is 4.40 Å². The summed E-state index contributed by atoms with van der Waals surface area (Å²) >= 11 is 0. The predicted octanol–water partition coefficient (Wildman–Crippen LogP) is 2.51. The zero-order chi connectivity index (χ0) is 18.2. The quantitative estimate of drug-likeness (QED) is 0.519. The average molecular weight is 363 g/mol. The first-order valence-corrected chi connectivity index (χ1v) is 8.82. The smallest absolute Gasteiger partial charge is 0.137 e. The molecule has 0 aromatic carbocycles. The molecule has 3 N–H and O–H groups in total. The van der Waals surface area contributed by atoms with E-state index in [1.165, 1.54) is 0 Å². The number of aromatic amines is 1. The number of fused-ring (bicyclic) bond motifs is 1. The maximum absolute atomic E-state index is 13.8. The molecular weight excluding hydrogens is 345 g/mol. The van der Waals surface area contributed by atoms with Gasteiger partial charge in [0.05, 0.1) is 41.8 Å². The Labute approximate surface area is 154 Å². The van der Waals surface area contributed by atoms with E-state index in [1.54, 1.807) is 18.7 Å². The molecule has 1 saturated heterocycles. The highest BCUT2D eigenvalue weighted by molar-refractivity contribution is 5.68. The number of nitrogens with zero attached hydrogens (tertiary/aromatic N) is 4.